The Kier molecular flexibility index (Phi) is 3.99. The Morgan fingerprint density at radius 2 is 1.56 bits per heavy atom. The Bertz CT molecular complexity index is 353. The van der Waals surface area contributed by atoms with Gasteiger partial charge < -0.3 is 4.90 Å². The molecule has 0 unspecified atom stereocenters. The van der Waals surface area contributed by atoms with E-state index in [0.29, 0.717) is 0 Å². The molecule has 0 aliphatic carbocycles. The van der Waals surface area contributed by atoms with Crippen molar-refractivity contribution in [3.05, 3.63) is 34.3 Å². The van der Waals surface area contributed by atoms with E-state index < -0.39 is 0 Å². The van der Waals surface area contributed by atoms with Gasteiger partial charge in [0.2, 0.25) is 0 Å². The van der Waals surface area contributed by atoms with Crippen molar-refractivity contribution >= 4 is 21.8 Å². The van der Waals surface area contributed by atoms with E-state index in [0.717, 1.165) is 36.0 Å². The molecule has 1 amide bonds. The van der Waals surface area contributed by atoms with E-state index in [2.05, 4.69) is 15.9 Å². The maximum absolute atomic E-state index is 12.2. The highest BCUT2D eigenvalue weighted by Crippen LogP contribution is 2.15. The third-order valence-corrected chi connectivity index (χ3v) is 3.51. The van der Waals surface area contributed by atoms with E-state index in [4.69, 9.17) is 0 Å². The minimum Gasteiger partial charge on any atom is -0.339 e. The number of carbonyl (C=O) groups is 1. The molecule has 0 spiro atoms. The van der Waals surface area contributed by atoms with Crippen molar-refractivity contribution in [1.29, 1.82) is 0 Å². The number of amides is 1. The van der Waals surface area contributed by atoms with Gasteiger partial charge in [-0.3, -0.25) is 4.79 Å². The van der Waals surface area contributed by atoms with E-state index in [1.54, 1.807) is 0 Å². The number of rotatable bonds is 1. The van der Waals surface area contributed by atoms with Crippen LogP contribution >= 0.6 is 15.9 Å². The highest BCUT2D eigenvalue weighted by Gasteiger charge is 2.16. The van der Waals surface area contributed by atoms with Crippen molar-refractivity contribution in [2.24, 2.45) is 0 Å². The van der Waals surface area contributed by atoms with Crippen LogP contribution in [0.15, 0.2) is 28.7 Å². The lowest BCUT2D eigenvalue weighted by molar-refractivity contribution is 0.0761. The zero-order valence-corrected chi connectivity index (χ0v) is 10.9. The molecule has 1 fully saturated rings. The van der Waals surface area contributed by atoms with Crippen molar-refractivity contribution in [2.45, 2.75) is 25.7 Å². The quantitative estimate of drug-likeness (QED) is 0.772. The summed E-state index contributed by atoms with van der Waals surface area (Å²) in [4.78, 5) is 14.2. The normalized spacial score (nSPS) is 16.9. The van der Waals surface area contributed by atoms with Gasteiger partial charge in [-0.05, 0) is 37.1 Å². The molecule has 2 rings (SSSR count). The zero-order valence-electron chi connectivity index (χ0n) is 9.29. The first-order valence-corrected chi connectivity index (χ1v) is 6.61. The van der Waals surface area contributed by atoms with Crippen LogP contribution in [0.2, 0.25) is 0 Å². The Labute approximate surface area is 105 Å². The minimum absolute atomic E-state index is 0.175. The van der Waals surface area contributed by atoms with Gasteiger partial charge in [0, 0.05) is 23.1 Å². The lowest BCUT2D eigenvalue weighted by Crippen LogP contribution is -2.31. The third kappa shape index (κ3) is 2.85. The van der Waals surface area contributed by atoms with Crippen molar-refractivity contribution in [3.8, 4) is 0 Å². The lowest BCUT2D eigenvalue weighted by atomic mass is 10.2. The van der Waals surface area contributed by atoms with Gasteiger partial charge in [-0.15, -0.1) is 0 Å². The molecule has 86 valence electrons. The summed E-state index contributed by atoms with van der Waals surface area (Å²) in [6, 6.07) is 7.62. The number of likely N-dealkylation sites (tertiary alicyclic amines) is 1. The molecule has 2 nitrogen and oxygen atoms in total. The van der Waals surface area contributed by atoms with Crippen LogP contribution < -0.4 is 0 Å². The molecule has 1 aliphatic heterocycles. The molecule has 0 N–H and O–H groups in total. The van der Waals surface area contributed by atoms with Crippen LogP contribution in [0.4, 0.5) is 0 Å². The fourth-order valence-electron chi connectivity index (χ4n) is 2.05. The van der Waals surface area contributed by atoms with Gasteiger partial charge in [-0.2, -0.15) is 0 Å². The highest BCUT2D eigenvalue weighted by atomic mass is 79.9. The standard InChI is InChI=1S/C13H16BrNO/c14-12-7-5-11(6-8-12)13(16)15-9-3-1-2-4-10-15/h5-8H,1-4,9-10H2. The fraction of sp³-hybridized carbons (Fsp3) is 0.462. The molecule has 1 saturated heterocycles. The predicted octanol–water partition coefficient (Wildman–Crippen LogP) is 3.47. The van der Waals surface area contributed by atoms with Crippen LogP contribution in [0.25, 0.3) is 0 Å². The van der Waals surface area contributed by atoms with Crippen LogP contribution in [0.5, 0.6) is 0 Å². The molecule has 1 heterocycles. The Morgan fingerprint density at radius 3 is 2.12 bits per heavy atom. The van der Waals surface area contributed by atoms with Crippen LogP contribution in [0.3, 0.4) is 0 Å². The van der Waals surface area contributed by atoms with E-state index in [1.165, 1.54) is 12.8 Å². The Hall–Kier alpha value is -0.830. The number of benzene rings is 1. The van der Waals surface area contributed by atoms with E-state index in [-0.39, 0.29) is 5.91 Å². The summed E-state index contributed by atoms with van der Waals surface area (Å²) < 4.78 is 1.01. The molecule has 0 bridgehead atoms. The van der Waals surface area contributed by atoms with Crippen molar-refractivity contribution < 1.29 is 4.79 Å². The van der Waals surface area contributed by atoms with Crippen LogP contribution in [-0.2, 0) is 0 Å². The maximum atomic E-state index is 12.2. The fourth-order valence-corrected chi connectivity index (χ4v) is 2.31. The topological polar surface area (TPSA) is 20.3 Å². The zero-order chi connectivity index (χ0) is 11.4. The number of halogens is 1. The summed E-state index contributed by atoms with van der Waals surface area (Å²) in [7, 11) is 0. The first kappa shape index (κ1) is 11.6. The van der Waals surface area contributed by atoms with Crippen molar-refractivity contribution in [3.63, 3.8) is 0 Å². The summed E-state index contributed by atoms with van der Waals surface area (Å²) >= 11 is 3.38. The van der Waals surface area contributed by atoms with E-state index in [9.17, 15) is 4.79 Å². The molecule has 0 saturated carbocycles. The second-order valence-electron chi connectivity index (χ2n) is 4.21. The summed E-state index contributed by atoms with van der Waals surface area (Å²) in [6.45, 7) is 1.82. The molecular formula is C13H16BrNO. The molecule has 16 heavy (non-hydrogen) atoms. The van der Waals surface area contributed by atoms with Gasteiger partial charge in [-0.1, -0.05) is 28.8 Å². The SMILES string of the molecule is O=C(c1ccc(Br)cc1)N1CCCCCC1. The molecular weight excluding hydrogens is 266 g/mol. The first-order valence-electron chi connectivity index (χ1n) is 5.82. The van der Waals surface area contributed by atoms with Crippen molar-refractivity contribution in [2.75, 3.05) is 13.1 Å². The summed E-state index contributed by atoms with van der Waals surface area (Å²) in [6.07, 6.45) is 4.79. The molecule has 1 aromatic carbocycles. The van der Waals surface area contributed by atoms with Crippen LogP contribution in [0.1, 0.15) is 36.0 Å². The van der Waals surface area contributed by atoms with Gasteiger partial charge >= 0.3 is 0 Å². The Morgan fingerprint density at radius 1 is 1.00 bits per heavy atom. The smallest absolute Gasteiger partial charge is 0.253 e. The molecule has 0 radical (unpaired) electrons. The second-order valence-corrected chi connectivity index (χ2v) is 5.13. The molecule has 0 atom stereocenters. The summed E-state index contributed by atoms with van der Waals surface area (Å²) in [5.41, 5.74) is 0.796. The maximum Gasteiger partial charge on any atom is 0.253 e. The van der Waals surface area contributed by atoms with E-state index in [1.807, 2.05) is 29.2 Å². The third-order valence-electron chi connectivity index (χ3n) is 2.98. The largest absolute Gasteiger partial charge is 0.339 e. The molecule has 0 aromatic heterocycles. The molecule has 1 aliphatic rings. The monoisotopic (exact) mass is 281 g/mol. The number of hydrogen-bond donors (Lipinski definition) is 0. The van der Waals surface area contributed by atoms with Crippen LogP contribution in [0, 0.1) is 0 Å². The van der Waals surface area contributed by atoms with Gasteiger partial charge in [0.05, 0.1) is 0 Å². The Balaban J connectivity index is 2.08. The molecule has 1 aromatic rings. The first-order chi connectivity index (χ1) is 7.77. The number of hydrogen-bond acceptors (Lipinski definition) is 1. The van der Waals surface area contributed by atoms with Gasteiger partial charge in [0.15, 0.2) is 0 Å². The van der Waals surface area contributed by atoms with Gasteiger partial charge in [-0.25, -0.2) is 0 Å². The van der Waals surface area contributed by atoms with Gasteiger partial charge in [0.25, 0.3) is 5.91 Å². The predicted molar refractivity (Wildman–Crippen MR) is 68.5 cm³/mol. The summed E-state index contributed by atoms with van der Waals surface area (Å²) in [5.74, 6) is 0.175. The van der Waals surface area contributed by atoms with Gasteiger partial charge in [0.1, 0.15) is 0 Å². The minimum atomic E-state index is 0.175. The van der Waals surface area contributed by atoms with Crippen molar-refractivity contribution in [1.82, 2.24) is 4.90 Å². The lowest BCUT2D eigenvalue weighted by Gasteiger charge is -2.20. The average molecular weight is 282 g/mol. The second kappa shape index (κ2) is 5.48. The van der Waals surface area contributed by atoms with E-state index >= 15 is 0 Å². The highest BCUT2D eigenvalue weighted by molar-refractivity contribution is 9.10. The molecule has 3 heteroatoms. The number of nitrogens with zero attached hydrogens (tertiary/aromatic N) is 1. The average Bonchev–Trinajstić information content (AvgIpc) is 2.57. The summed E-state index contributed by atoms with van der Waals surface area (Å²) in [5, 5.41) is 0. The van der Waals surface area contributed by atoms with Crippen LogP contribution in [-0.4, -0.2) is 23.9 Å². The number of carbonyl (C=O) groups excluding carboxylic acids is 1.